The van der Waals surface area contributed by atoms with Crippen LogP contribution in [0.15, 0.2) is 60.9 Å². The van der Waals surface area contributed by atoms with Crippen molar-refractivity contribution in [3.63, 3.8) is 0 Å². The highest BCUT2D eigenvalue weighted by Crippen LogP contribution is 2.31. The third-order valence-electron chi connectivity index (χ3n) is 4.74. The third-order valence-corrected chi connectivity index (χ3v) is 4.74. The van der Waals surface area contributed by atoms with Crippen LogP contribution in [0.5, 0.6) is 0 Å². The van der Waals surface area contributed by atoms with Crippen molar-refractivity contribution in [1.82, 2.24) is 20.0 Å². The number of nitrogens with one attached hydrogen (secondary N) is 1. The molecule has 1 N–H and O–H groups in total. The fraction of sp³-hybridized carbons (Fsp3) is 0.200. The van der Waals surface area contributed by atoms with Crippen LogP contribution in [0.3, 0.4) is 0 Å². The Morgan fingerprint density at radius 1 is 1.27 bits per heavy atom. The van der Waals surface area contributed by atoms with Crippen LogP contribution >= 0.6 is 0 Å². The van der Waals surface area contributed by atoms with Crippen LogP contribution in [0.2, 0.25) is 0 Å². The van der Waals surface area contributed by atoms with Gasteiger partial charge in [-0.25, -0.2) is 9.07 Å². The second kappa shape index (κ2) is 6.72. The summed E-state index contributed by atoms with van der Waals surface area (Å²) in [6.45, 7) is 1.41. The molecule has 2 heterocycles. The van der Waals surface area contributed by atoms with E-state index in [1.54, 1.807) is 18.3 Å². The molecule has 2 aromatic carbocycles. The molecule has 0 bridgehead atoms. The van der Waals surface area contributed by atoms with E-state index in [1.807, 2.05) is 12.1 Å². The maximum atomic E-state index is 13.3. The van der Waals surface area contributed by atoms with Gasteiger partial charge >= 0.3 is 0 Å². The first kappa shape index (κ1) is 16.5. The van der Waals surface area contributed by atoms with Crippen LogP contribution in [-0.4, -0.2) is 34.2 Å². The number of hydrogen-bond donors (Lipinski definition) is 1. The number of fused-ring (bicyclic) bond motifs is 1. The summed E-state index contributed by atoms with van der Waals surface area (Å²) < 4.78 is 14.8. The predicted octanol–water partition coefficient (Wildman–Crippen LogP) is 2.93. The van der Waals surface area contributed by atoms with Gasteiger partial charge in [-0.2, -0.15) is 5.10 Å². The zero-order valence-corrected chi connectivity index (χ0v) is 14.4. The summed E-state index contributed by atoms with van der Waals surface area (Å²) in [5.74, 6) is -0.530. The molecule has 6 heteroatoms. The van der Waals surface area contributed by atoms with Crippen molar-refractivity contribution >= 4 is 5.91 Å². The monoisotopic (exact) mass is 350 g/mol. The minimum atomic E-state index is -0.341. The van der Waals surface area contributed by atoms with Crippen molar-refractivity contribution in [2.45, 2.75) is 12.6 Å². The smallest absolute Gasteiger partial charge is 0.254 e. The zero-order chi connectivity index (χ0) is 18.1. The van der Waals surface area contributed by atoms with E-state index in [0.29, 0.717) is 17.8 Å². The molecule has 1 unspecified atom stereocenters. The van der Waals surface area contributed by atoms with Gasteiger partial charge in [-0.05, 0) is 36.4 Å². The first-order valence-electron chi connectivity index (χ1n) is 8.48. The quantitative estimate of drug-likeness (QED) is 0.787. The van der Waals surface area contributed by atoms with Gasteiger partial charge in [0.1, 0.15) is 5.82 Å². The maximum Gasteiger partial charge on any atom is 0.254 e. The normalized spacial score (nSPS) is 16.5. The molecule has 132 valence electrons. The first-order chi connectivity index (χ1) is 12.6. The number of carbonyl (C=O) groups excluding carboxylic acids is 1. The number of rotatable bonds is 4. The van der Waals surface area contributed by atoms with Crippen molar-refractivity contribution < 1.29 is 9.18 Å². The van der Waals surface area contributed by atoms with Gasteiger partial charge in [0.2, 0.25) is 0 Å². The van der Waals surface area contributed by atoms with Gasteiger partial charge in [0.05, 0.1) is 23.5 Å². The Hall–Kier alpha value is -2.99. The molecular weight excluding hydrogens is 331 g/mol. The van der Waals surface area contributed by atoms with Crippen molar-refractivity contribution in [3.8, 4) is 5.69 Å². The SMILES string of the molecule is CN1Cc2ccccc2C1CNC(=O)c1cnn(-c2cccc(F)c2)c1. The summed E-state index contributed by atoms with van der Waals surface area (Å²) in [5, 5.41) is 7.14. The Morgan fingerprint density at radius 3 is 2.96 bits per heavy atom. The topological polar surface area (TPSA) is 50.2 Å². The van der Waals surface area contributed by atoms with Crippen molar-refractivity contribution in [2.24, 2.45) is 0 Å². The van der Waals surface area contributed by atoms with E-state index >= 15 is 0 Å². The number of amides is 1. The van der Waals surface area contributed by atoms with Gasteiger partial charge in [0, 0.05) is 19.3 Å². The van der Waals surface area contributed by atoms with Gasteiger partial charge < -0.3 is 5.32 Å². The number of carbonyl (C=O) groups is 1. The number of halogens is 1. The average Bonchev–Trinajstić information content (AvgIpc) is 3.24. The Morgan fingerprint density at radius 2 is 2.12 bits per heavy atom. The number of aromatic nitrogens is 2. The summed E-state index contributed by atoms with van der Waals surface area (Å²) in [4.78, 5) is 14.7. The second-order valence-electron chi connectivity index (χ2n) is 6.49. The molecule has 4 rings (SSSR count). The van der Waals surface area contributed by atoms with Gasteiger partial charge in [0.25, 0.3) is 5.91 Å². The highest BCUT2D eigenvalue weighted by Gasteiger charge is 2.27. The molecule has 1 aliphatic heterocycles. The second-order valence-corrected chi connectivity index (χ2v) is 6.49. The van der Waals surface area contributed by atoms with Crippen molar-refractivity contribution in [3.05, 3.63) is 83.4 Å². The van der Waals surface area contributed by atoms with E-state index < -0.39 is 0 Å². The van der Waals surface area contributed by atoms with E-state index in [1.165, 1.54) is 34.1 Å². The van der Waals surface area contributed by atoms with Crippen LogP contribution in [0.4, 0.5) is 4.39 Å². The van der Waals surface area contributed by atoms with Gasteiger partial charge in [-0.1, -0.05) is 30.3 Å². The average molecular weight is 350 g/mol. The standard InChI is InChI=1S/C20H19FN4O/c1-24-12-14-5-2-3-8-18(14)19(24)11-22-20(26)15-10-23-25(13-15)17-7-4-6-16(21)9-17/h2-10,13,19H,11-12H2,1H3,(H,22,26). The fourth-order valence-electron chi connectivity index (χ4n) is 3.38. The molecule has 3 aromatic rings. The summed E-state index contributed by atoms with van der Waals surface area (Å²) >= 11 is 0. The lowest BCUT2D eigenvalue weighted by molar-refractivity contribution is 0.0940. The van der Waals surface area contributed by atoms with Crippen LogP contribution in [0, 0.1) is 5.82 Å². The van der Waals surface area contributed by atoms with E-state index in [0.717, 1.165) is 6.54 Å². The zero-order valence-electron chi connectivity index (χ0n) is 14.4. The Labute approximate surface area is 151 Å². The van der Waals surface area contributed by atoms with Crippen LogP contribution in [-0.2, 0) is 6.54 Å². The van der Waals surface area contributed by atoms with E-state index in [4.69, 9.17) is 0 Å². The minimum Gasteiger partial charge on any atom is -0.350 e. The molecule has 26 heavy (non-hydrogen) atoms. The highest BCUT2D eigenvalue weighted by molar-refractivity contribution is 5.93. The molecule has 1 aromatic heterocycles. The molecule has 0 saturated carbocycles. The summed E-state index contributed by atoms with van der Waals surface area (Å²) in [7, 11) is 2.05. The molecular formula is C20H19FN4O. The highest BCUT2D eigenvalue weighted by atomic mass is 19.1. The van der Waals surface area contributed by atoms with E-state index in [-0.39, 0.29) is 17.8 Å². The first-order valence-corrected chi connectivity index (χ1v) is 8.48. The van der Waals surface area contributed by atoms with Gasteiger partial charge in [0.15, 0.2) is 0 Å². The van der Waals surface area contributed by atoms with Gasteiger partial charge in [-0.3, -0.25) is 9.69 Å². The Kier molecular flexibility index (Phi) is 4.26. The minimum absolute atomic E-state index is 0.161. The molecule has 1 amide bonds. The number of nitrogens with zero attached hydrogens (tertiary/aromatic N) is 3. The van der Waals surface area contributed by atoms with Gasteiger partial charge in [-0.15, -0.1) is 0 Å². The number of hydrogen-bond acceptors (Lipinski definition) is 3. The van der Waals surface area contributed by atoms with Crippen molar-refractivity contribution in [2.75, 3.05) is 13.6 Å². The molecule has 0 saturated heterocycles. The molecule has 1 atom stereocenters. The number of likely N-dealkylation sites (N-methyl/N-ethyl adjacent to an activating group) is 1. The maximum absolute atomic E-state index is 13.3. The molecule has 1 aliphatic rings. The molecule has 0 radical (unpaired) electrons. The van der Waals surface area contributed by atoms with E-state index in [9.17, 15) is 9.18 Å². The van der Waals surface area contributed by atoms with Crippen LogP contribution in [0.25, 0.3) is 5.69 Å². The molecule has 0 spiro atoms. The number of benzene rings is 2. The largest absolute Gasteiger partial charge is 0.350 e. The van der Waals surface area contributed by atoms with Crippen LogP contribution < -0.4 is 5.32 Å². The summed E-state index contributed by atoms with van der Waals surface area (Å²) in [6.07, 6.45) is 3.10. The predicted molar refractivity (Wildman–Crippen MR) is 96.5 cm³/mol. The summed E-state index contributed by atoms with van der Waals surface area (Å²) in [6, 6.07) is 14.5. The van der Waals surface area contributed by atoms with Crippen molar-refractivity contribution in [1.29, 1.82) is 0 Å². The Bertz CT molecular complexity index is 952. The Balaban J connectivity index is 1.45. The van der Waals surface area contributed by atoms with E-state index in [2.05, 4.69) is 34.5 Å². The molecule has 0 aliphatic carbocycles. The lowest BCUT2D eigenvalue weighted by Gasteiger charge is -2.20. The third kappa shape index (κ3) is 3.11. The lowest BCUT2D eigenvalue weighted by Crippen LogP contribution is -2.32. The lowest BCUT2D eigenvalue weighted by atomic mass is 10.1. The molecule has 5 nitrogen and oxygen atoms in total. The molecule has 0 fully saturated rings. The fourth-order valence-corrected chi connectivity index (χ4v) is 3.38. The van der Waals surface area contributed by atoms with Crippen LogP contribution in [0.1, 0.15) is 27.5 Å². The summed E-state index contributed by atoms with van der Waals surface area (Å²) in [5.41, 5.74) is 3.58.